The van der Waals surface area contributed by atoms with Gasteiger partial charge in [-0.15, -0.1) is 0 Å². The second-order valence-electron chi connectivity index (χ2n) is 9.42. The van der Waals surface area contributed by atoms with Gasteiger partial charge in [0.1, 0.15) is 17.6 Å². The third kappa shape index (κ3) is 5.94. The zero-order valence-electron chi connectivity index (χ0n) is 19.2. The number of aromatic nitrogens is 2. The number of nitrogens with zero attached hydrogens (tertiary/aromatic N) is 2. The smallest absolute Gasteiger partial charge is 0.309 e. The van der Waals surface area contributed by atoms with Gasteiger partial charge in [0, 0.05) is 0 Å². The number of aliphatic hydroxyl groups is 1. The van der Waals surface area contributed by atoms with Crippen LogP contribution in [0.5, 0.6) is 0 Å². The first kappa shape index (κ1) is 23.8. The van der Waals surface area contributed by atoms with Gasteiger partial charge in [-0.25, -0.2) is 9.37 Å². The molecule has 2 heterocycles. The van der Waals surface area contributed by atoms with E-state index >= 15 is 0 Å². The van der Waals surface area contributed by atoms with Crippen LogP contribution in [0.4, 0.5) is 4.39 Å². The lowest BCUT2D eigenvalue weighted by atomic mass is 9.90. The fourth-order valence-corrected chi connectivity index (χ4v) is 4.18. The molecule has 34 heavy (non-hydrogen) atoms. The largest absolute Gasteiger partial charge is 0.460 e. The third-order valence-electron chi connectivity index (χ3n) is 6.01. The quantitative estimate of drug-likeness (QED) is 0.493. The molecule has 4 rings (SSSR count). The van der Waals surface area contributed by atoms with E-state index in [1.54, 1.807) is 32.0 Å². The summed E-state index contributed by atoms with van der Waals surface area (Å²) < 4.78 is 19.4. The van der Waals surface area contributed by atoms with Crippen LogP contribution in [0.2, 0.25) is 0 Å². The van der Waals surface area contributed by atoms with E-state index < -0.39 is 23.7 Å². The Bertz CT molecular complexity index is 1190. The van der Waals surface area contributed by atoms with Crippen molar-refractivity contribution < 1.29 is 23.8 Å². The number of cyclic esters (lactones) is 1. The lowest BCUT2D eigenvalue weighted by Crippen LogP contribution is -2.45. The molecule has 2 aromatic carbocycles. The summed E-state index contributed by atoms with van der Waals surface area (Å²) in [7, 11) is 0. The Hall–Kier alpha value is -3.39. The van der Waals surface area contributed by atoms with Crippen molar-refractivity contribution in [2.24, 2.45) is 5.92 Å². The molecule has 8 heteroatoms. The molecule has 3 atom stereocenters. The van der Waals surface area contributed by atoms with Crippen molar-refractivity contribution in [1.82, 2.24) is 15.3 Å². The van der Waals surface area contributed by atoms with E-state index in [4.69, 9.17) is 4.74 Å². The third-order valence-corrected chi connectivity index (χ3v) is 6.01. The molecular formula is C26H28FN3O4. The van der Waals surface area contributed by atoms with Gasteiger partial charge in [-0.1, -0.05) is 24.3 Å². The Morgan fingerprint density at radius 1 is 1.24 bits per heavy atom. The van der Waals surface area contributed by atoms with Crippen LogP contribution < -0.4 is 5.32 Å². The van der Waals surface area contributed by atoms with Crippen molar-refractivity contribution in [3.8, 4) is 0 Å². The molecule has 3 aromatic rings. The molecule has 1 saturated heterocycles. The molecule has 0 bridgehead atoms. The van der Waals surface area contributed by atoms with Gasteiger partial charge >= 0.3 is 5.97 Å². The summed E-state index contributed by atoms with van der Waals surface area (Å²) in [6.45, 7) is 3.39. The van der Waals surface area contributed by atoms with Gasteiger partial charge < -0.3 is 15.2 Å². The normalized spacial score (nSPS) is 19.1. The van der Waals surface area contributed by atoms with Crippen LogP contribution in [0.25, 0.3) is 11.0 Å². The number of benzene rings is 2. The molecule has 1 aliphatic rings. The van der Waals surface area contributed by atoms with Gasteiger partial charge in [-0.2, -0.15) is 0 Å². The molecule has 0 aliphatic carbocycles. The maximum Gasteiger partial charge on any atom is 0.309 e. The zero-order valence-corrected chi connectivity index (χ0v) is 19.2. The number of nitrogens with one attached hydrogen (secondary N) is 1. The van der Waals surface area contributed by atoms with E-state index in [2.05, 4.69) is 15.3 Å². The average Bonchev–Trinajstić information content (AvgIpc) is 3.17. The highest BCUT2D eigenvalue weighted by Crippen LogP contribution is 2.30. The van der Waals surface area contributed by atoms with Gasteiger partial charge in [-0.3, -0.25) is 14.6 Å². The predicted molar refractivity (Wildman–Crippen MR) is 124 cm³/mol. The Kier molecular flexibility index (Phi) is 6.88. The van der Waals surface area contributed by atoms with Gasteiger partial charge in [0.25, 0.3) is 5.91 Å². The molecule has 0 radical (unpaired) electrons. The number of fused-ring (bicyclic) bond motifs is 1. The van der Waals surface area contributed by atoms with Gasteiger partial charge in [0.15, 0.2) is 0 Å². The SMILES string of the molecule is CC(C)(O)CCC1CC(C(Cc2cccc(F)c2)NC(=O)c2cnc3ccccc3n2)OC1=O. The number of amides is 1. The lowest BCUT2D eigenvalue weighted by molar-refractivity contribution is -0.145. The van der Waals surface area contributed by atoms with Crippen molar-refractivity contribution >= 4 is 22.9 Å². The number of ether oxygens (including phenoxy) is 1. The minimum absolute atomic E-state index is 0.144. The van der Waals surface area contributed by atoms with Crippen molar-refractivity contribution in [3.05, 3.63) is 71.8 Å². The fraction of sp³-hybridized carbons (Fsp3) is 0.385. The first-order valence-electron chi connectivity index (χ1n) is 11.4. The molecule has 0 spiro atoms. The highest BCUT2D eigenvalue weighted by atomic mass is 19.1. The topological polar surface area (TPSA) is 101 Å². The molecule has 178 valence electrons. The highest BCUT2D eigenvalue weighted by Gasteiger charge is 2.40. The number of carbonyl (C=O) groups is 2. The number of carbonyl (C=O) groups excluding carboxylic acids is 2. The van der Waals surface area contributed by atoms with E-state index in [0.717, 1.165) is 0 Å². The first-order chi connectivity index (χ1) is 16.2. The number of rotatable bonds is 8. The Balaban J connectivity index is 1.54. The standard InChI is InChI=1S/C26H28FN3O4/c1-26(2,33)11-10-17-14-23(34-25(17)32)21(13-16-6-5-7-18(27)12-16)30-24(31)22-15-28-19-8-3-4-9-20(19)29-22/h3-9,12,15,17,21,23,33H,10-11,13-14H2,1-2H3,(H,30,31). The highest BCUT2D eigenvalue weighted by molar-refractivity contribution is 5.94. The lowest BCUT2D eigenvalue weighted by Gasteiger charge is -2.24. The summed E-state index contributed by atoms with van der Waals surface area (Å²) in [6.07, 6.45) is 2.44. The van der Waals surface area contributed by atoms with E-state index in [1.165, 1.54) is 18.3 Å². The first-order valence-corrected chi connectivity index (χ1v) is 11.4. The van der Waals surface area contributed by atoms with E-state index in [-0.39, 0.29) is 29.8 Å². The van der Waals surface area contributed by atoms with Crippen LogP contribution in [0.15, 0.2) is 54.7 Å². The monoisotopic (exact) mass is 465 g/mol. The zero-order chi connectivity index (χ0) is 24.3. The fourth-order valence-electron chi connectivity index (χ4n) is 4.18. The summed E-state index contributed by atoms with van der Waals surface area (Å²) >= 11 is 0. The summed E-state index contributed by atoms with van der Waals surface area (Å²) in [5.74, 6) is -1.55. The molecule has 7 nitrogen and oxygen atoms in total. The minimum atomic E-state index is -0.887. The molecule has 1 amide bonds. The average molecular weight is 466 g/mol. The number of esters is 1. The van der Waals surface area contributed by atoms with Gasteiger partial charge in [-0.05, 0) is 69.4 Å². The maximum absolute atomic E-state index is 13.8. The number of halogens is 1. The Morgan fingerprint density at radius 3 is 2.74 bits per heavy atom. The molecular weight excluding hydrogens is 437 g/mol. The van der Waals surface area contributed by atoms with Gasteiger partial charge in [0.2, 0.25) is 0 Å². The van der Waals surface area contributed by atoms with Gasteiger partial charge in [0.05, 0.1) is 34.8 Å². The summed E-state index contributed by atoms with van der Waals surface area (Å²) in [6, 6.07) is 12.8. The van der Waals surface area contributed by atoms with E-state index in [9.17, 15) is 19.1 Å². The summed E-state index contributed by atoms with van der Waals surface area (Å²) in [5, 5.41) is 13.0. The van der Waals surface area contributed by atoms with Crippen LogP contribution in [-0.2, 0) is 16.0 Å². The minimum Gasteiger partial charge on any atom is -0.460 e. The second kappa shape index (κ2) is 9.85. The van der Waals surface area contributed by atoms with Crippen LogP contribution in [0, 0.1) is 11.7 Å². The van der Waals surface area contributed by atoms with E-state index in [1.807, 2.05) is 18.2 Å². The van der Waals surface area contributed by atoms with Crippen molar-refractivity contribution in [1.29, 1.82) is 0 Å². The predicted octanol–water partition coefficient (Wildman–Crippen LogP) is 3.59. The van der Waals surface area contributed by atoms with Crippen LogP contribution in [0.1, 0.15) is 49.2 Å². The molecule has 2 N–H and O–H groups in total. The Labute approximate surface area is 197 Å². The number of hydrogen-bond acceptors (Lipinski definition) is 6. The molecule has 1 fully saturated rings. The van der Waals surface area contributed by atoms with Crippen LogP contribution >= 0.6 is 0 Å². The van der Waals surface area contributed by atoms with Crippen LogP contribution in [0.3, 0.4) is 0 Å². The number of hydrogen-bond donors (Lipinski definition) is 2. The second-order valence-corrected chi connectivity index (χ2v) is 9.42. The summed E-state index contributed by atoms with van der Waals surface area (Å²) in [4.78, 5) is 34.3. The maximum atomic E-state index is 13.8. The van der Waals surface area contributed by atoms with E-state index in [0.29, 0.717) is 35.9 Å². The van der Waals surface area contributed by atoms with Crippen molar-refractivity contribution in [3.63, 3.8) is 0 Å². The molecule has 3 unspecified atom stereocenters. The molecule has 1 aromatic heterocycles. The van der Waals surface area contributed by atoms with Crippen molar-refractivity contribution in [2.75, 3.05) is 0 Å². The summed E-state index contributed by atoms with van der Waals surface area (Å²) in [5.41, 5.74) is 1.20. The Morgan fingerprint density at radius 2 is 2.00 bits per heavy atom. The number of para-hydroxylation sites is 2. The van der Waals surface area contributed by atoms with Crippen LogP contribution in [-0.4, -0.2) is 44.7 Å². The van der Waals surface area contributed by atoms with Crippen molar-refractivity contribution in [2.45, 2.75) is 57.3 Å². The molecule has 0 saturated carbocycles. The molecule has 1 aliphatic heterocycles.